The Labute approximate surface area is 137 Å². The second kappa shape index (κ2) is 5.93. The van der Waals surface area contributed by atoms with Crippen LogP contribution in [0.4, 0.5) is 0 Å². The number of aliphatic hydroxyl groups is 1. The first-order valence-electron chi connectivity index (χ1n) is 7.14. The topological polar surface area (TPSA) is 105 Å². The normalized spacial score (nSPS) is 19.4. The van der Waals surface area contributed by atoms with Crippen molar-refractivity contribution in [1.82, 2.24) is 0 Å². The van der Waals surface area contributed by atoms with Gasteiger partial charge in [-0.05, 0) is 6.07 Å². The molecule has 0 bridgehead atoms. The summed E-state index contributed by atoms with van der Waals surface area (Å²) in [5.41, 5.74) is 0.0557. The predicted molar refractivity (Wildman–Crippen MR) is 83.0 cm³/mol. The second-order valence-corrected chi connectivity index (χ2v) is 5.24. The molecule has 7 nitrogen and oxygen atoms in total. The van der Waals surface area contributed by atoms with Crippen molar-refractivity contribution in [3.63, 3.8) is 0 Å². The first kappa shape index (κ1) is 15.9. The quantitative estimate of drug-likeness (QED) is 0.787. The third-order valence-corrected chi connectivity index (χ3v) is 3.89. The molecule has 0 amide bonds. The van der Waals surface area contributed by atoms with Crippen LogP contribution in [0.25, 0.3) is 0 Å². The zero-order valence-electron chi connectivity index (χ0n) is 13.0. The molecule has 2 atom stereocenters. The molecular weight excluding hydrogens is 316 g/mol. The average molecular weight is 332 g/mol. The lowest BCUT2D eigenvalue weighted by atomic mass is 9.92. The maximum Gasteiger partial charge on any atom is 0.204 e. The Bertz CT molecular complexity index is 800. The van der Waals surface area contributed by atoms with Crippen LogP contribution >= 0.6 is 0 Å². The molecule has 1 aliphatic heterocycles. The fourth-order valence-electron chi connectivity index (χ4n) is 2.74. The fourth-order valence-corrected chi connectivity index (χ4v) is 2.74. The van der Waals surface area contributed by atoms with Gasteiger partial charge in [-0.3, -0.25) is 4.79 Å². The molecule has 2 aromatic rings. The van der Waals surface area contributed by atoms with Gasteiger partial charge in [0.05, 0.1) is 14.2 Å². The largest absolute Gasteiger partial charge is 0.508 e. The molecule has 7 heteroatoms. The molecule has 1 aliphatic rings. The highest BCUT2D eigenvalue weighted by Gasteiger charge is 2.42. The van der Waals surface area contributed by atoms with Crippen molar-refractivity contribution >= 4 is 5.78 Å². The average Bonchev–Trinajstić information content (AvgIpc) is 2.58. The van der Waals surface area contributed by atoms with Crippen LogP contribution in [0.15, 0.2) is 30.3 Å². The molecule has 126 valence electrons. The number of para-hydroxylation sites is 1. The maximum absolute atomic E-state index is 12.5. The van der Waals surface area contributed by atoms with Crippen molar-refractivity contribution in [2.24, 2.45) is 0 Å². The summed E-state index contributed by atoms with van der Waals surface area (Å²) in [5, 5.41) is 30.4. The number of Topliss-reactive ketones (excluding diaryl/α,β-unsaturated/α-hetero) is 1. The number of benzene rings is 2. The molecule has 3 rings (SSSR count). The van der Waals surface area contributed by atoms with Crippen molar-refractivity contribution in [2.45, 2.75) is 12.2 Å². The standard InChI is InChI=1S/C17H16O7/c1-22-11-7-10(19)12-13(20)14(21)15(24-17(12)16(11)23-2)8-5-3-4-6-9(8)18/h3-7,14-15,18-19,21H,1-2H3. The molecule has 2 aromatic carbocycles. The molecule has 2 unspecified atom stereocenters. The van der Waals surface area contributed by atoms with Gasteiger partial charge in [0, 0.05) is 11.6 Å². The number of aromatic hydroxyl groups is 2. The van der Waals surface area contributed by atoms with Crippen LogP contribution < -0.4 is 14.2 Å². The van der Waals surface area contributed by atoms with Gasteiger partial charge in [0.2, 0.25) is 11.5 Å². The Morgan fingerprint density at radius 2 is 1.79 bits per heavy atom. The van der Waals surface area contributed by atoms with E-state index in [2.05, 4.69) is 0 Å². The van der Waals surface area contributed by atoms with Crippen LogP contribution in [0.5, 0.6) is 28.7 Å². The SMILES string of the molecule is COc1cc(O)c2c(c1OC)OC(c1ccccc1O)C(O)C2=O. The number of rotatable bonds is 3. The second-order valence-electron chi connectivity index (χ2n) is 5.24. The molecule has 0 saturated carbocycles. The van der Waals surface area contributed by atoms with Crippen molar-refractivity contribution in [3.05, 3.63) is 41.5 Å². The summed E-state index contributed by atoms with van der Waals surface area (Å²) in [7, 11) is 2.74. The number of ketones is 1. The number of ether oxygens (including phenoxy) is 3. The minimum atomic E-state index is -1.59. The van der Waals surface area contributed by atoms with Gasteiger partial charge in [-0.1, -0.05) is 18.2 Å². The van der Waals surface area contributed by atoms with E-state index in [9.17, 15) is 20.1 Å². The zero-order chi connectivity index (χ0) is 17.4. The lowest BCUT2D eigenvalue weighted by molar-refractivity contribution is 0.0190. The van der Waals surface area contributed by atoms with E-state index in [0.29, 0.717) is 0 Å². The number of methoxy groups -OCH3 is 2. The molecule has 24 heavy (non-hydrogen) atoms. The third-order valence-electron chi connectivity index (χ3n) is 3.89. The molecule has 1 heterocycles. The van der Waals surface area contributed by atoms with Gasteiger partial charge in [0.1, 0.15) is 17.1 Å². The van der Waals surface area contributed by atoms with Crippen LogP contribution in [0.1, 0.15) is 22.0 Å². The van der Waals surface area contributed by atoms with Crippen LogP contribution in [0.3, 0.4) is 0 Å². The maximum atomic E-state index is 12.5. The summed E-state index contributed by atoms with van der Waals surface area (Å²) < 4.78 is 16.1. The Morgan fingerprint density at radius 1 is 1.08 bits per heavy atom. The summed E-state index contributed by atoms with van der Waals surface area (Å²) in [6, 6.07) is 7.43. The van der Waals surface area contributed by atoms with Crippen molar-refractivity contribution in [1.29, 1.82) is 0 Å². The molecule has 0 aromatic heterocycles. The van der Waals surface area contributed by atoms with Crippen molar-refractivity contribution < 1.29 is 34.3 Å². The molecule has 0 aliphatic carbocycles. The van der Waals surface area contributed by atoms with E-state index < -0.39 is 18.0 Å². The Kier molecular flexibility index (Phi) is 3.94. The molecule has 0 fully saturated rings. The lowest BCUT2D eigenvalue weighted by Gasteiger charge is -2.31. The molecule has 0 radical (unpaired) electrons. The third kappa shape index (κ3) is 2.30. The van der Waals surface area contributed by atoms with Crippen molar-refractivity contribution in [2.75, 3.05) is 14.2 Å². The van der Waals surface area contributed by atoms with E-state index in [4.69, 9.17) is 14.2 Å². The van der Waals surface area contributed by atoms with Gasteiger partial charge in [-0.15, -0.1) is 0 Å². The van der Waals surface area contributed by atoms with E-state index in [0.717, 1.165) is 0 Å². The van der Waals surface area contributed by atoms with E-state index in [1.54, 1.807) is 12.1 Å². The van der Waals surface area contributed by atoms with E-state index >= 15 is 0 Å². The van der Waals surface area contributed by atoms with Crippen molar-refractivity contribution in [3.8, 4) is 28.7 Å². The van der Waals surface area contributed by atoms with E-state index in [1.807, 2.05) is 0 Å². The summed E-state index contributed by atoms with van der Waals surface area (Å²) in [6.07, 6.45) is -2.73. The predicted octanol–water partition coefficient (Wildman–Crippen LogP) is 1.79. The van der Waals surface area contributed by atoms with E-state index in [1.165, 1.54) is 32.4 Å². The lowest BCUT2D eigenvalue weighted by Crippen LogP contribution is -2.36. The summed E-state index contributed by atoms with van der Waals surface area (Å²) in [6.45, 7) is 0. The highest BCUT2D eigenvalue weighted by atomic mass is 16.5. The molecule has 3 N–H and O–H groups in total. The van der Waals surface area contributed by atoms with Crippen LogP contribution in [-0.2, 0) is 0 Å². The zero-order valence-corrected chi connectivity index (χ0v) is 13.0. The molecular formula is C17H16O7. The summed E-state index contributed by atoms with van der Waals surface area (Å²) in [5.74, 6) is -0.993. The number of phenolic OH excluding ortho intramolecular Hbond substituents is 2. The first-order valence-corrected chi connectivity index (χ1v) is 7.14. The highest BCUT2D eigenvalue weighted by molar-refractivity contribution is 6.06. The number of hydrogen-bond acceptors (Lipinski definition) is 7. The first-order chi connectivity index (χ1) is 11.5. The smallest absolute Gasteiger partial charge is 0.204 e. The molecule has 0 spiro atoms. The molecule has 0 saturated heterocycles. The number of phenols is 2. The number of carbonyl (C=O) groups excluding carboxylic acids is 1. The minimum Gasteiger partial charge on any atom is -0.508 e. The number of carbonyl (C=O) groups is 1. The van der Waals surface area contributed by atoms with Gasteiger partial charge in [-0.25, -0.2) is 0 Å². The Morgan fingerprint density at radius 3 is 2.42 bits per heavy atom. The van der Waals surface area contributed by atoms with Crippen LogP contribution in [0, 0.1) is 0 Å². The summed E-state index contributed by atoms with van der Waals surface area (Å²) in [4.78, 5) is 12.5. The Balaban J connectivity index is 2.19. The highest BCUT2D eigenvalue weighted by Crippen LogP contribution is 2.50. The monoisotopic (exact) mass is 332 g/mol. The number of hydrogen-bond donors (Lipinski definition) is 3. The van der Waals surface area contributed by atoms with Gasteiger partial charge in [0.25, 0.3) is 0 Å². The Hall–Kier alpha value is -2.93. The number of aliphatic hydroxyl groups excluding tert-OH is 1. The van der Waals surface area contributed by atoms with Crippen LogP contribution in [-0.4, -0.2) is 41.4 Å². The van der Waals surface area contributed by atoms with Gasteiger partial charge >= 0.3 is 0 Å². The van der Waals surface area contributed by atoms with Gasteiger partial charge in [-0.2, -0.15) is 0 Å². The number of fused-ring (bicyclic) bond motifs is 1. The summed E-state index contributed by atoms with van der Waals surface area (Å²) >= 11 is 0. The van der Waals surface area contributed by atoms with E-state index in [-0.39, 0.29) is 39.9 Å². The van der Waals surface area contributed by atoms with Crippen LogP contribution in [0.2, 0.25) is 0 Å². The van der Waals surface area contributed by atoms with Gasteiger partial charge in [0.15, 0.2) is 23.7 Å². The van der Waals surface area contributed by atoms with Gasteiger partial charge < -0.3 is 29.5 Å². The minimum absolute atomic E-state index is 0.0436. The fraction of sp³-hybridized carbons (Fsp3) is 0.235.